The highest BCUT2D eigenvalue weighted by Gasteiger charge is 2.33. The first kappa shape index (κ1) is 12.0. The molecule has 84 valence electrons. The Bertz CT molecular complexity index is 171. The molecule has 0 amide bonds. The molecule has 0 aromatic heterocycles. The summed E-state index contributed by atoms with van der Waals surface area (Å²) >= 11 is 0. The predicted octanol–water partition coefficient (Wildman–Crippen LogP) is 0.831. The molecule has 1 fully saturated rings. The Balaban J connectivity index is 2.73. The minimum absolute atomic E-state index is 0.215. The van der Waals surface area contributed by atoms with Gasteiger partial charge in [0.05, 0.1) is 6.61 Å². The van der Waals surface area contributed by atoms with E-state index in [9.17, 15) is 5.11 Å². The molecule has 0 bridgehead atoms. The molecule has 3 nitrogen and oxygen atoms in total. The molecule has 1 aliphatic rings. The molecule has 1 rings (SSSR count). The van der Waals surface area contributed by atoms with Crippen LogP contribution >= 0.6 is 0 Å². The SMILES string of the molecule is CCCN1C(CO)CNCCC1(C)C. The molecular formula is C11H24N2O. The summed E-state index contributed by atoms with van der Waals surface area (Å²) in [6.45, 7) is 10.1. The molecule has 2 N–H and O–H groups in total. The van der Waals surface area contributed by atoms with Gasteiger partial charge in [0.25, 0.3) is 0 Å². The van der Waals surface area contributed by atoms with E-state index in [4.69, 9.17) is 0 Å². The molecule has 1 atom stereocenters. The van der Waals surface area contributed by atoms with Crippen molar-refractivity contribution in [2.24, 2.45) is 0 Å². The van der Waals surface area contributed by atoms with Crippen molar-refractivity contribution in [2.75, 3.05) is 26.2 Å². The zero-order valence-corrected chi connectivity index (χ0v) is 9.71. The van der Waals surface area contributed by atoms with Crippen molar-refractivity contribution in [3.63, 3.8) is 0 Å². The van der Waals surface area contributed by atoms with Crippen molar-refractivity contribution in [3.05, 3.63) is 0 Å². The van der Waals surface area contributed by atoms with Crippen molar-refractivity contribution in [2.45, 2.75) is 45.2 Å². The van der Waals surface area contributed by atoms with Crippen LogP contribution in [0.15, 0.2) is 0 Å². The highest BCUT2D eigenvalue weighted by atomic mass is 16.3. The zero-order valence-electron chi connectivity index (χ0n) is 9.71. The Labute approximate surface area is 87.5 Å². The Morgan fingerprint density at radius 1 is 1.50 bits per heavy atom. The van der Waals surface area contributed by atoms with E-state index in [0.717, 1.165) is 32.5 Å². The molecule has 0 aliphatic carbocycles. The topological polar surface area (TPSA) is 35.5 Å². The van der Waals surface area contributed by atoms with E-state index in [1.807, 2.05) is 0 Å². The van der Waals surface area contributed by atoms with Crippen molar-refractivity contribution in [3.8, 4) is 0 Å². The normalized spacial score (nSPS) is 28.7. The average molecular weight is 200 g/mol. The van der Waals surface area contributed by atoms with Crippen LogP contribution in [0.25, 0.3) is 0 Å². The Morgan fingerprint density at radius 3 is 2.79 bits per heavy atom. The third-order valence-electron chi connectivity index (χ3n) is 3.19. The Morgan fingerprint density at radius 2 is 2.21 bits per heavy atom. The number of rotatable bonds is 3. The largest absolute Gasteiger partial charge is 0.395 e. The highest BCUT2D eigenvalue weighted by molar-refractivity contribution is 4.90. The smallest absolute Gasteiger partial charge is 0.0599 e. The van der Waals surface area contributed by atoms with Gasteiger partial charge in [0.2, 0.25) is 0 Å². The number of hydrogen-bond donors (Lipinski definition) is 2. The van der Waals surface area contributed by atoms with Gasteiger partial charge >= 0.3 is 0 Å². The zero-order chi connectivity index (χ0) is 10.6. The van der Waals surface area contributed by atoms with E-state index in [2.05, 4.69) is 31.0 Å². The lowest BCUT2D eigenvalue weighted by atomic mass is 9.97. The van der Waals surface area contributed by atoms with E-state index in [1.165, 1.54) is 0 Å². The first-order valence-corrected chi connectivity index (χ1v) is 5.70. The van der Waals surface area contributed by atoms with E-state index in [0.29, 0.717) is 0 Å². The molecule has 0 saturated carbocycles. The van der Waals surface area contributed by atoms with Gasteiger partial charge in [-0.25, -0.2) is 0 Å². The third kappa shape index (κ3) is 2.69. The first-order chi connectivity index (χ1) is 6.61. The molecule has 1 saturated heterocycles. The second kappa shape index (κ2) is 5.10. The first-order valence-electron chi connectivity index (χ1n) is 5.70. The van der Waals surface area contributed by atoms with Gasteiger partial charge in [0.1, 0.15) is 0 Å². The van der Waals surface area contributed by atoms with Crippen molar-refractivity contribution < 1.29 is 5.11 Å². The molecule has 0 spiro atoms. The summed E-state index contributed by atoms with van der Waals surface area (Å²) in [5, 5.41) is 12.8. The minimum atomic E-state index is 0.215. The lowest BCUT2D eigenvalue weighted by molar-refractivity contribution is 0.0456. The maximum absolute atomic E-state index is 9.36. The quantitative estimate of drug-likeness (QED) is 0.708. The fourth-order valence-electron chi connectivity index (χ4n) is 2.30. The van der Waals surface area contributed by atoms with E-state index >= 15 is 0 Å². The molecule has 14 heavy (non-hydrogen) atoms. The molecule has 0 aromatic carbocycles. The fraction of sp³-hybridized carbons (Fsp3) is 1.00. The summed E-state index contributed by atoms with van der Waals surface area (Å²) in [4.78, 5) is 2.45. The number of aliphatic hydroxyl groups excluding tert-OH is 1. The second-order valence-electron chi connectivity index (χ2n) is 4.80. The molecule has 1 aliphatic heterocycles. The highest BCUT2D eigenvalue weighted by Crippen LogP contribution is 2.23. The van der Waals surface area contributed by atoms with Gasteiger partial charge in [-0.1, -0.05) is 6.92 Å². The molecular weight excluding hydrogens is 176 g/mol. The predicted molar refractivity (Wildman–Crippen MR) is 59.4 cm³/mol. The molecule has 0 aromatic rings. The van der Waals surface area contributed by atoms with Crippen molar-refractivity contribution in [1.29, 1.82) is 0 Å². The monoisotopic (exact) mass is 200 g/mol. The van der Waals surface area contributed by atoms with Crippen LogP contribution in [0.2, 0.25) is 0 Å². The summed E-state index contributed by atoms with van der Waals surface area (Å²) in [5.41, 5.74) is 0.215. The summed E-state index contributed by atoms with van der Waals surface area (Å²) in [7, 11) is 0. The van der Waals surface area contributed by atoms with Crippen molar-refractivity contribution >= 4 is 0 Å². The van der Waals surface area contributed by atoms with Gasteiger partial charge < -0.3 is 10.4 Å². The minimum Gasteiger partial charge on any atom is -0.395 e. The van der Waals surface area contributed by atoms with Crippen LogP contribution < -0.4 is 5.32 Å². The van der Waals surface area contributed by atoms with Crippen LogP contribution in [0.4, 0.5) is 0 Å². The average Bonchev–Trinajstić information content (AvgIpc) is 2.28. The van der Waals surface area contributed by atoms with Crippen LogP contribution in [-0.2, 0) is 0 Å². The van der Waals surface area contributed by atoms with Crippen molar-refractivity contribution in [1.82, 2.24) is 10.2 Å². The summed E-state index contributed by atoms with van der Waals surface area (Å²) in [5.74, 6) is 0. The van der Waals surface area contributed by atoms with Gasteiger partial charge in [-0.05, 0) is 39.8 Å². The molecule has 1 heterocycles. The maximum Gasteiger partial charge on any atom is 0.0599 e. The van der Waals surface area contributed by atoms with Gasteiger partial charge in [-0.15, -0.1) is 0 Å². The summed E-state index contributed by atoms with van der Waals surface area (Å²) in [6, 6.07) is 0.285. The molecule has 3 heteroatoms. The summed E-state index contributed by atoms with van der Waals surface area (Å²) in [6.07, 6.45) is 2.31. The number of aliphatic hydroxyl groups is 1. The van der Waals surface area contributed by atoms with Gasteiger partial charge in [0, 0.05) is 18.1 Å². The number of nitrogens with one attached hydrogen (secondary N) is 1. The Kier molecular flexibility index (Phi) is 4.35. The number of hydrogen-bond acceptors (Lipinski definition) is 3. The second-order valence-corrected chi connectivity index (χ2v) is 4.80. The van der Waals surface area contributed by atoms with E-state index in [1.54, 1.807) is 0 Å². The van der Waals surface area contributed by atoms with Crippen LogP contribution in [0.1, 0.15) is 33.6 Å². The van der Waals surface area contributed by atoms with Crippen LogP contribution in [0.3, 0.4) is 0 Å². The lowest BCUT2D eigenvalue weighted by Crippen LogP contribution is -2.52. The summed E-state index contributed by atoms with van der Waals surface area (Å²) < 4.78 is 0. The van der Waals surface area contributed by atoms with Gasteiger partial charge in [-0.3, -0.25) is 4.90 Å². The standard InChI is InChI=1S/C11H24N2O/c1-4-7-13-10(9-14)8-12-6-5-11(13,2)3/h10,12,14H,4-9H2,1-3H3. The lowest BCUT2D eigenvalue weighted by Gasteiger charge is -2.41. The van der Waals surface area contributed by atoms with Gasteiger partial charge in [-0.2, -0.15) is 0 Å². The van der Waals surface area contributed by atoms with Gasteiger partial charge in [0.15, 0.2) is 0 Å². The van der Waals surface area contributed by atoms with E-state index in [-0.39, 0.29) is 18.2 Å². The van der Waals surface area contributed by atoms with Crippen LogP contribution in [0.5, 0.6) is 0 Å². The van der Waals surface area contributed by atoms with Crippen LogP contribution in [0, 0.1) is 0 Å². The maximum atomic E-state index is 9.36. The number of nitrogens with zero attached hydrogens (tertiary/aromatic N) is 1. The fourth-order valence-corrected chi connectivity index (χ4v) is 2.30. The molecule has 1 unspecified atom stereocenters. The Hall–Kier alpha value is -0.120. The molecule has 0 radical (unpaired) electrons. The van der Waals surface area contributed by atoms with Crippen LogP contribution in [-0.4, -0.2) is 47.8 Å². The third-order valence-corrected chi connectivity index (χ3v) is 3.19. The van der Waals surface area contributed by atoms with E-state index < -0.39 is 0 Å².